The van der Waals surface area contributed by atoms with Crippen LogP contribution < -0.4 is 0 Å². The fraction of sp³-hybridized carbons (Fsp3) is 0.765. The van der Waals surface area contributed by atoms with Crippen LogP contribution in [0.4, 0.5) is 0 Å². The van der Waals surface area contributed by atoms with Gasteiger partial charge in [0.05, 0.1) is 6.61 Å². The van der Waals surface area contributed by atoms with Gasteiger partial charge in [0.1, 0.15) is 11.5 Å². The second-order valence-electron chi connectivity index (χ2n) is 8.02. The Balaban J connectivity index is 1.73. The van der Waals surface area contributed by atoms with Crippen LogP contribution in [0.15, 0.2) is 11.3 Å². The number of rotatable bonds is 0. The average Bonchev–Trinajstić information content (AvgIpc) is 2.80. The van der Waals surface area contributed by atoms with E-state index in [-0.39, 0.29) is 34.9 Å². The van der Waals surface area contributed by atoms with Gasteiger partial charge in [-0.2, -0.15) is 0 Å². The standard InChI is InChI=1S/C17H20O6/c1-15-13-11(23-14(15)20)6-8-9(2-3-10(18)12(8)19)16(13)4-5-17(15,21)22-7-16/h9,11,13,19,21H,2-7H2,1H3/t9?,11-,13?,15+,16+,17-/m1/s1. The predicted molar refractivity (Wildman–Crippen MR) is 76.0 cm³/mol. The van der Waals surface area contributed by atoms with Crippen LogP contribution in [0, 0.1) is 22.7 Å². The fourth-order valence-electron chi connectivity index (χ4n) is 6.28. The number of fused-ring (bicyclic) bond motifs is 3. The second-order valence-corrected chi connectivity index (χ2v) is 8.02. The van der Waals surface area contributed by atoms with Crippen LogP contribution in [0.3, 0.4) is 0 Å². The number of hydrogen-bond acceptors (Lipinski definition) is 6. The molecule has 6 heteroatoms. The molecule has 6 rings (SSSR count). The van der Waals surface area contributed by atoms with Crippen molar-refractivity contribution >= 4 is 11.8 Å². The Kier molecular flexibility index (Phi) is 2.31. The molecule has 0 amide bonds. The maximum absolute atomic E-state index is 12.6. The highest BCUT2D eigenvalue weighted by molar-refractivity contribution is 5.95. The lowest BCUT2D eigenvalue weighted by atomic mass is 9.42. The zero-order valence-electron chi connectivity index (χ0n) is 13.0. The monoisotopic (exact) mass is 320 g/mol. The molecule has 1 spiro atoms. The third-order valence-corrected chi connectivity index (χ3v) is 7.38. The molecule has 0 radical (unpaired) electrons. The minimum Gasteiger partial charge on any atom is -0.504 e. The molecule has 6 atom stereocenters. The number of esters is 1. The predicted octanol–water partition coefficient (Wildman–Crippen LogP) is 1.23. The fourth-order valence-corrected chi connectivity index (χ4v) is 6.28. The molecule has 23 heavy (non-hydrogen) atoms. The van der Waals surface area contributed by atoms with Crippen LogP contribution >= 0.6 is 0 Å². The lowest BCUT2D eigenvalue weighted by Crippen LogP contribution is -2.72. The van der Waals surface area contributed by atoms with Crippen molar-refractivity contribution in [2.75, 3.05) is 6.61 Å². The van der Waals surface area contributed by atoms with Crippen LogP contribution in [0.1, 0.15) is 39.0 Å². The van der Waals surface area contributed by atoms with Crippen LogP contribution in [0.5, 0.6) is 0 Å². The smallest absolute Gasteiger partial charge is 0.318 e. The van der Waals surface area contributed by atoms with E-state index in [1.807, 2.05) is 0 Å². The van der Waals surface area contributed by atoms with Gasteiger partial charge in [-0.15, -0.1) is 0 Å². The highest BCUT2D eigenvalue weighted by Crippen LogP contribution is 2.72. The van der Waals surface area contributed by atoms with Gasteiger partial charge in [-0.05, 0) is 31.3 Å². The van der Waals surface area contributed by atoms with E-state index in [4.69, 9.17) is 9.47 Å². The van der Waals surface area contributed by atoms with Gasteiger partial charge in [-0.3, -0.25) is 9.59 Å². The summed E-state index contributed by atoms with van der Waals surface area (Å²) in [6.07, 6.45) is 2.13. The molecule has 0 aromatic rings. The minimum absolute atomic E-state index is 0.0279. The van der Waals surface area contributed by atoms with E-state index in [0.717, 1.165) is 12.0 Å². The highest BCUT2D eigenvalue weighted by atomic mass is 16.6. The lowest BCUT2D eigenvalue weighted by Gasteiger charge is -2.65. The largest absolute Gasteiger partial charge is 0.504 e. The number of ether oxygens (including phenoxy) is 2. The summed E-state index contributed by atoms with van der Waals surface area (Å²) in [7, 11) is 0. The average molecular weight is 320 g/mol. The van der Waals surface area contributed by atoms with Gasteiger partial charge >= 0.3 is 5.97 Å². The van der Waals surface area contributed by atoms with Gasteiger partial charge in [0.2, 0.25) is 0 Å². The molecule has 0 aromatic carbocycles. The molecule has 6 nitrogen and oxygen atoms in total. The molecule has 2 saturated carbocycles. The number of aliphatic hydroxyl groups is 2. The van der Waals surface area contributed by atoms with Crippen molar-refractivity contribution in [3.8, 4) is 0 Å². The molecule has 2 N–H and O–H groups in total. The van der Waals surface area contributed by atoms with Gasteiger partial charge in [0.25, 0.3) is 0 Å². The Morgan fingerprint density at radius 3 is 2.74 bits per heavy atom. The van der Waals surface area contributed by atoms with E-state index in [1.165, 1.54) is 0 Å². The molecular formula is C17H20O6. The van der Waals surface area contributed by atoms with E-state index in [2.05, 4.69) is 0 Å². The van der Waals surface area contributed by atoms with E-state index in [9.17, 15) is 19.8 Å². The molecular weight excluding hydrogens is 300 g/mol. The van der Waals surface area contributed by atoms with Crippen LogP contribution in [-0.2, 0) is 19.1 Å². The molecule has 2 bridgehead atoms. The van der Waals surface area contributed by atoms with Crippen molar-refractivity contribution in [1.82, 2.24) is 0 Å². The Morgan fingerprint density at radius 1 is 1.26 bits per heavy atom. The molecule has 124 valence electrons. The maximum Gasteiger partial charge on any atom is 0.318 e. The number of hydrogen-bond donors (Lipinski definition) is 2. The van der Waals surface area contributed by atoms with Crippen molar-refractivity contribution in [2.45, 2.75) is 50.9 Å². The van der Waals surface area contributed by atoms with Crippen molar-refractivity contribution in [1.29, 1.82) is 0 Å². The van der Waals surface area contributed by atoms with Crippen molar-refractivity contribution in [2.24, 2.45) is 22.7 Å². The first-order chi connectivity index (χ1) is 10.8. The number of allylic oxidation sites excluding steroid dienone is 1. The van der Waals surface area contributed by atoms with E-state index in [1.54, 1.807) is 6.92 Å². The Labute approximate surface area is 133 Å². The van der Waals surface area contributed by atoms with Crippen molar-refractivity contribution in [3.05, 3.63) is 11.3 Å². The van der Waals surface area contributed by atoms with E-state index in [0.29, 0.717) is 32.3 Å². The normalized spacial score (nSPS) is 53.9. The first-order valence-corrected chi connectivity index (χ1v) is 8.36. The number of aliphatic hydroxyl groups excluding tert-OH is 1. The van der Waals surface area contributed by atoms with Gasteiger partial charge in [-0.25, -0.2) is 0 Å². The number of carbonyl (C=O) groups excluding carboxylic acids is 2. The molecule has 0 aromatic heterocycles. The lowest BCUT2D eigenvalue weighted by molar-refractivity contribution is -0.369. The third-order valence-electron chi connectivity index (χ3n) is 7.38. The molecule has 3 saturated heterocycles. The summed E-state index contributed by atoms with van der Waals surface area (Å²) in [5, 5.41) is 21.2. The van der Waals surface area contributed by atoms with Gasteiger partial charge in [0, 0.05) is 30.6 Å². The summed E-state index contributed by atoms with van der Waals surface area (Å²) in [4.78, 5) is 24.5. The van der Waals surface area contributed by atoms with Crippen LogP contribution in [0.25, 0.3) is 0 Å². The quantitative estimate of drug-likeness (QED) is 0.652. The Morgan fingerprint density at radius 2 is 2.04 bits per heavy atom. The van der Waals surface area contributed by atoms with Crippen LogP contribution in [0.2, 0.25) is 0 Å². The van der Waals surface area contributed by atoms with Crippen LogP contribution in [-0.4, -0.2) is 40.5 Å². The summed E-state index contributed by atoms with van der Waals surface area (Å²) in [6, 6.07) is 0. The first kappa shape index (κ1) is 14.0. The van der Waals surface area contributed by atoms with Gasteiger partial charge in [0.15, 0.2) is 17.3 Å². The SMILES string of the molecule is C[C@]12C(=O)O[C@@H]3CC4=C(O)C(=O)CCC4[C@@]4(CC[C@@]1(O)OC4)C32. The van der Waals surface area contributed by atoms with Crippen molar-refractivity contribution < 1.29 is 29.3 Å². The van der Waals surface area contributed by atoms with E-state index < -0.39 is 17.2 Å². The molecule has 5 fully saturated rings. The highest BCUT2D eigenvalue weighted by Gasteiger charge is 2.79. The van der Waals surface area contributed by atoms with Crippen molar-refractivity contribution in [3.63, 3.8) is 0 Å². The first-order valence-electron chi connectivity index (χ1n) is 8.36. The molecule has 3 heterocycles. The summed E-state index contributed by atoms with van der Waals surface area (Å²) in [5.74, 6) is -2.32. The summed E-state index contributed by atoms with van der Waals surface area (Å²) in [6.45, 7) is 2.11. The third kappa shape index (κ3) is 1.28. The molecule has 2 unspecified atom stereocenters. The molecule has 3 aliphatic carbocycles. The summed E-state index contributed by atoms with van der Waals surface area (Å²) < 4.78 is 11.4. The summed E-state index contributed by atoms with van der Waals surface area (Å²) >= 11 is 0. The number of ketones is 1. The zero-order chi connectivity index (χ0) is 16.2. The Hall–Kier alpha value is -1.40. The number of Topliss-reactive ketones (excluding diaryl/α,β-unsaturated/α-hetero) is 1. The number of carbonyl (C=O) groups is 2. The van der Waals surface area contributed by atoms with E-state index >= 15 is 0 Å². The molecule has 3 aliphatic heterocycles. The maximum atomic E-state index is 12.6. The summed E-state index contributed by atoms with van der Waals surface area (Å²) in [5.41, 5.74) is -0.662. The molecule has 6 aliphatic rings. The van der Waals surface area contributed by atoms with Gasteiger partial charge < -0.3 is 19.7 Å². The van der Waals surface area contributed by atoms with Gasteiger partial charge in [-0.1, -0.05) is 0 Å². The Bertz CT molecular complexity index is 671. The topological polar surface area (TPSA) is 93.1 Å². The zero-order valence-corrected chi connectivity index (χ0v) is 13.0. The second kappa shape index (κ2) is 3.81. The minimum atomic E-state index is -1.46.